The van der Waals surface area contributed by atoms with Gasteiger partial charge < -0.3 is 9.47 Å². The van der Waals surface area contributed by atoms with Gasteiger partial charge in [-0.2, -0.15) is 0 Å². The molecule has 0 atom stereocenters. The molecule has 2 fully saturated rings. The lowest BCUT2D eigenvalue weighted by atomic mass is 10.2. The Hall–Kier alpha value is -0.0800. The van der Waals surface area contributed by atoms with Crippen molar-refractivity contribution >= 4 is 0 Å². The van der Waals surface area contributed by atoms with E-state index in [1.165, 1.54) is 0 Å². The topological polar surface area (TPSA) is 25.1 Å². The highest BCUT2D eigenvalue weighted by molar-refractivity contribution is 5.16. The van der Waals surface area contributed by atoms with Gasteiger partial charge in [0.25, 0.3) is 0 Å². The monoisotopic (exact) mass is 128 g/mol. The van der Waals surface area contributed by atoms with Crippen LogP contribution < -0.4 is 0 Å². The van der Waals surface area contributed by atoms with E-state index in [1.54, 1.807) is 0 Å². The van der Waals surface area contributed by atoms with Gasteiger partial charge in [0, 0.05) is 12.8 Å². The van der Waals surface area contributed by atoms with Gasteiger partial charge in [-0.1, -0.05) is 20.3 Å². The number of hydrogen-bond donors (Lipinski definition) is 0. The van der Waals surface area contributed by atoms with Crippen molar-refractivity contribution in [1.82, 2.24) is 0 Å². The summed E-state index contributed by atoms with van der Waals surface area (Å²) in [7, 11) is 0. The first-order valence-electron chi connectivity index (χ1n) is 3.69. The Kier molecular flexibility index (Phi) is 0.837. The SMILES string of the molecule is CCCC12OC1(CC)O2. The van der Waals surface area contributed by atoms with Gasteiger partial charge in [0.15, 0.2) is 0 Å². The van der Waals surface area contributed by atoms with Crippen LogP contribution in [0.3, 0.4) is 0 Å². The van der Waals surface area contributed by atoms with Gasteiger partial charge in [-0.25, -0.2) is 0 Å². The molecule has 0 spiro atoms. The van der Waals surface area contributed by atoms with Gasteiger partial charge in [-0.15, -0.1) is 0 Å². The summed E-state index contributed by atoms with van der Waals surface area (Å²) in [5.74, 6) is -0.181. The molecule has 2 heteroatoms. The summed E-state index contributed by atoms with van der Waals surface area (Å²) in [5, 5.41) is 0. The molecular formula is C7H12O2. The Balaban J connectivity index is 1.91. The van der Waals surface area contributed by atoms with Crippen LogP contribution in [-0.4, -0.2) is 11.6 Å². The molecule has 0 aromatic heterocycles. The lowest BCUT2D eigenvalue weighted by Crippen LogP contribution is -1.96. The summed E-state index contributed by atoms with van der Waals surface area (Å²) >= 11 is 0. The Morgan fingerprint density at radius 2 is 1.78 bits per heavy atom. The number of ether oxygens (including phenoxy) is 2. The van der Waals surface area contributed by atoms with E-state index in [0.717, 1.165) is 19.3 Å². The van der Waals surface area contributed by atoms with Crippen LogP contribution in [0.4, 0.5) is 0 Å². The lowest BCUT2D eigenvalue weighted by molar-refractivity contribution is -0.0994. The average molecular weight is 128 g/mol. The Morgan fingerprint density at radius 3 is 2.11 bits per heavy atom. The second-order valence-corrected chi connectivity index (χ2v) is 2.81. The van der Waals surface area contributed by atoms with Crippen molar-refractivity contribution in [2.75, 3.05) is 0 Å². The van der Waals surface area contributed by atoms with Crippen LogP contribution in [0, 0.1) is 0 Å². The van der Waals surface area contributed by atoms with E-state index in [-0.39, 0.29) is 11.6 Å². The molecule has 0 radical (unpaired) electrons. The molecule has 2 aliphatic rings. The van der Waals surface area contributed by atoms with E-state index in [4.69, 9.17) is 9.47 Å². The van der Waals surface area contributed by atoms with Gasteiger partial charge in [-0.05, 0) is 0 Å². The van der Waals surface area contributed by atoms with Crippen LogP contribution in [-0.2, 0) is 9.47 Å². The van der Waals surface area contributed by atoms with Crippen LogP contribution in [0.15, 0.2) is 0 Å². The maximum atomic E-state index is 5.35. The summed E-state index contributed by atoms with van der Waals surface area (Å²) in [4.78, 5) is 0. The quantitative estimate of drug-likeness (QED) is 0.540. The van der Waals surface area contributed by atoms with Crippen molar-refractivity contribution in [2.24, 2.45) is 0 Å². The largest absolute Gasteiger partial charge is 0.307 e. The Morgan fingerprint density at radius 1 is 1.11 bits per heavy atom. The molecule has 2 heterocycles. The van der Waals surface area contributed by atoms with E-state index in [1.807, 2.05) is 0 Å². The van der Waals surface area contributed by atoms with Gasteiger partial charge in [0.05, 0.1) is 0 Å². The minimum Gasteiger partial charge on any atom is -0.307 e. The maximum Gasteiger partial charge on any atom is 0.229 e. The highest BCUT2D eigenvalue weighted by Gasteiger charge is 2.88. The molecule has 2 nitrogen and oxygen atoms in total. The molecule has 0 aromatic rings. The van der Waals surface area contributed by atoms with Crippen molar-refractivity contribution in [3.8, 4) is 0 Å². The molecule has 0 N–H and O–H groups in total. The molecule has 2 aliphatic heterocycles. The zero-order valence-corrected chi connectivity index (χ0v) is 5.94. The van der Waals surface area contributed by atoms with Crippen molar-refractivity contribution < 1.29 is 9.47 Å². The summed E-state index contributed by atoms with van der Waals surface area (Å²) in [6.45, 7) is 4.25. The third kappa shape index (κ3) is 0.485. The third-order valence-corrected chi connectivity index (χ3v) is 2.20. The molecule has 0 saturated carbocycles. The second-order valence-electron chi connectivity index (χ2n) is 2.81. The van der Waals surface area contributed by atoms with E-state index in [2.05, 4.69) is 13.8 Å². The fraction of sp³-hybridized carbons (Fsp3) is 1.00. The minimum absolute atomic E-state index is 0.0868. The van der Waals surface area contributed by atoms with Crippen LogP contribution in [0.5, 0.6) is 0 Å². The number of rotatable bonds is 3. The first kappa shape index (κ1) is 5.69. The minimum atomic E-state index is -0.0942. The van der Waals surface area contributed by atoms with E-state index < -0.39 is 0 Å². The molecule has 2 rings (SSSR count). The van der Waals surface area contributed by atoms with Crippen LogP contribution in [0.2, 0.25) is 0 Å². The standard InChI is InChI=1S/C7H12O2/c1-3-5-7-6(4-2,8-7)9-7/h3-5H2,1-2H3. The zero-order chi connectivity index (χ0) is 6.54. The smallest absolute Gasteiger partial charge is 0.229 e. The number of hydrogen-bond acceptors (Lipinski definition) is 2. The first-order valence-corrected chi connectivity index (χ1v) is 3.69. The van der Waals surface area contributed by atoms with Crippen molar-refractivity contribution in [3.05, 3.63) is 0 Å². The van der Waals surface area contributed by atoms with Crippen LogP contribution >= 0.6 is 0 Å². The lowest BCUT2D eigenvalue weighted by Gasteiger charge is -1.96. The predicted octanol–water partition coefficient (Wildman–Crippen LogP) is 1.65. The van der Waals surface area contributed by atoms with E-state index in [9.17, 15) is 0 Å². The Bertz CT molecular complexity index is 136. The summed E-state index contributed by atoms with van der Waals surface area (Å²) in [6, 6.07) is 0. The summed E-state index contributed by atoms with van der Waals surface area (Å²) in [5.41, 5.74) is 0. The summed E-state index contributed by atoms with van der Waals surface area (Å²) in [6.07, 6.45) is 3.23. The fourth-order valence-electron chi connectivity index (χ4n) is 1.52. The highest BCUT2D eigenvalue weighted by Crippen LogP contribution is 2.71. The maximum absolute atomic E-state index is 5.35. The predicted molar refractivity (Wildman–Crippen MR) is 32.8 cm³/mol. The molecule has 0 unspecified atom stereocenters. The zero-order valence-electron chi connectivity index (χ0n) is 5.94. The third-order valence-electron chi connectivity index (χ3n) is 2.20. The van der Waals surface area contributed by atoms with Crippen molar-refractivity contribution in [2.45, 2.75) is 44.7 Å². The number of epoxide rings is 2. The van der Waals surface area contributed by atoms with Gasteiger partial charge in [-0.3, -0.25) is 0 Å². The van der Waals surface area contributed by atoms with Crippen molar-refractivity contribution in [1.29, 1.82) is 0 Å². The van der Waals surface area contributed by atoms with Crippen molar-refractivity contribution in [3.63, 3.8) is 0 Å². The molecule has 0 aliphatic carbocycles. The average Bonchev–Trinajstić information content (AvgIpc) is 2.53. The van der Waals surface area contributed by atoms with Gasteiger partial charge >= 0.3 is 0 Å². The molecular weight excluding hydrogens is 116 g/mol. The molecule has 2 saturated heterocycles. The second kappa shape index (κ2) is 1.32. The highest BCUT2D eigenvalue weighted by atomic mass is 17.0. The van der Waals surface area contributed by atoms with E-state index in [0.29, 0.717) is 0 Å². The van der Waals surface area contributed by atoms with Gasteiger partial charge in [0.2, 0.25) is 11.6 Å². The normalized spacial score (nSPS) is 52.7. The molecule has 52 valence electrons. The fourth-order valence-corrected chi connectivity index (χ4v) is 1.52. The molecule has 0 amide bonds. The first-order chi connectivity index (χ1) is 4.29. The van der Waals surface area contributed by atoms with Crippen LogP contribution in [0.1, 0.15) is 33.1 Å². The Labute approximate surface area is 55.1 Å². The molecule has 0 aromatic carbocycles. The summed E-state index contributed by atoms with van der Waals surface area (Å²) < 4.78 is 10.7. The van der Waals surface area contributed by atoms with E-state index >= 15 is 0 Å². The van der Waals surface area contributed by atoms with Crippen LogP contribution in [0.25, 0.3) is 0 Å². The van der Waals surface area contributed by atoms with Gasteiger partial charge in [0.1, 0.15) is 0 Å². The molecule has 9 heavy (non-hydrogen) atoms. The molecule has 0 bridgehead atoms. The number of fused-ring (bicyclic) bond motifs is 1.